The largest absolute Gasteiger partial charge is 0.378 e. The van der Waals surface area contributed by atoms with E-state index in [1.54, 1.807) is 24.3 Å². The van der Waals surface area contributed by atoms with Gasteiger partial charge in [-0.15, -0.1) is 0 Å². The summed E-state index contributed by atoms with van der Waals surface area (Å²) in [5, 5.41) is 2.64. The van der Waals surface area contributed by atoms with Crippen LogP contribution in [0.15, 0.2) is 67.7 Å². The Kier molecular flexibility index (Phi) is 5.11. The van der Waals surface area contributed by atoms with E-state index in [2.05, 4.69) is 10.3 Å². The monoisotopic (exact) mass is 422 g/mol. The number of sulfone groups is 2. The molecule has 0 saturated carbocycles. The number of thiazole rings is 1. The van der Waals surface area contributed by atoms with Gasteiger partial charge in [0.25, 0.3) is 0 Å². The van der Waals surface area contributed by atoms with Crippen LogP contribution in [0, 0.1) is 13.8 Å². The summed E-state index contributed by atoms with van der Waals surface area (Å²) in [5.74, 6) is 0. The van der Waals surface area contributed by atoms with Crippen LogP contribution in [0.5, 0.6) is 0 Å². The first kappa shape index (κ1) is 19.5. The van der Waals surface area contributed by atoms with Crippen molar-refractivity contribution in [2.24, 2.45) is 0 Å². The smallest absolute Gasteiger partial charge is 0.233 e. The highest BCUT2D eigenvalue weighted by Gasteiger charge is 2.31. The fourth-order valence-electron chi connectivity index (χ4n) is 2.39. The maximum absolute atomic E-state index is 13.0. The molecule has 1 N–H and O–H groups in total. The molecule has 9 heteroatoms. The van der Waals surface area contributed by atoms with Crippen molar-refractivity contribution < 1.29 is 16.8 Å². The molecule has 1 heterocycles. The predicted molar refractivity (Wildman–Crippen MR) is 105 cm³/mol. The lowest BCUT2D eigenvalue weighted by Gasteiger charge is -2.04. The highest BCUT2D eigenvalue weighted by molar-refractivity contribution is 7.94. The molecule has 0 spiro atoms. The SMILES string of the molecule is CNc1sc(S(=O)(=O)c2ccc(C)cc2)nc1S(=O)(=O)c1ccc(C)cc1. The zero-order valence-electron chi connectivity index (χ0n) is 14.9. The van der Waals surface area contributed by atoms with Gasteiger partial charge in [0.15, 0.2) is 5.03 Å². The third-order valence-corrected chi connectivity index (χ3v) is 9.00. The molecule has 3 rings (SSSR count). The molecule has 0 unspecified atom stereocenters. The lowest BCUT2D eigenvalue weighted by molar-refractivity contribution is 0.589. The first-order chi connectivity index (χ1) is 12.7. The number of rotatable bonds is 5. The van der Waals surface area contributed by atoms with Crippen molar-refractivity contribution in [3.05, 3.63) is 59.7 Å². The van der Waals surface area contributed by atoms with Crippen molar-refractivity contribution in [3.8, 4) is 0 Å². The summed E-state index contributed by atoms with van der Waals surface area (Å²) in [4.78, 5) is 4.14. The van der Waals surface area contributed by atoms with E-state index in [4.69, 9.17) is 0 Å². The molecule has 0 fully saturated rings. The molecule has 3 aromatic rings. The quantitative estimate of drug-likeness (QED) is 0.677. The molecule has 2 aromatic carbocycles. The van der Waals surface area contributed by atoms with E-state index in [9.17, 15) is 16.8 Å². The van der Waals surface area contributed by atoms with Gasteiger partial charge < -0.3 is 5.32 Å². The van der Waals surface area contributed by atoms with Crippen LogP contribution in [0.3, 0.4) is 0 Å². The van der Waals surface area contributed by atoms with Crippen molar-refractivity contribution in [1.82, 2.24) is 4.98 Å². The summed E-state index contributed by atoms with van der Waals surface area (Å²) in [6, 6.07) is 12.7. The van der Waals surface area contributed by atoms with E-state index in [1.165, 1.54) is 31.3 Å². The summed E-state index contributed by atoms with van der Waals surface area (Å²) in [7, 11) is -6.34. The number of aromatic nitrogens is 1. The number of nitrogens with zero attached hydrogens (tertiary/aromatic N) is 1. The number of anilines is 1. The third kappa shape index (κ3) is 3.62. The van der Waals surface area contributed by atoms with Gasteiger partial charge in [0.05, 0.1) is 9.79 Å². The zero-order chi connectivity index (χ0) is 19.8. The molecule has 142 valence electrons. The summed E-state index contributed by atoms with van der Waals surface area (Å²) in [5.41, 5.74) is 1.84. The first-order valence-electron chi connectivity index (χ1n) is 7.98. The minimum atomic E-state index is -3.95. The van der Waals surface area contributed by atoms with Crippen molar-refractivity contribution in [2.75, 3.05) is 12.4 Å². The average molecular weight is 423 g/mol. The van der Waals surface area contributed by atoms with Gasteiger partial charge in [-0.3, -0.25) is 0 Å². The van der Waals surface area contributed by atoms with Crippen LogP contribution in [0.25, 0.3) is 0 Å². The molecule has 6 nitrogen and oxygen atoms in total. The first-order valence-corrected chi connectivity index (χ1v) is 11.8. The number of benzene rings is 2. The van der Waals surface area contributed by atoms with Crippen LogP contribution >= 0.6 is 11.3 Å². The van der Waals surface area contributed by atoms with Crippen molar-refractivity contribution in [1.29, 1.82) is 0 Å². The molecule has 0 saturated heterocycles. The second-order valence-electron chi connectivity index (χ2n) is 6.00. The van der Waals surface area contributed by atoms with E-state index in [-0.39, 0.29) is 24.2 Å². The van der Waals surface area contributed by atoms with Crippen molar-refractivity contribution in [2.45, 2.75) is 33.0 Å². The van der Waals surface area contributed by atoms with Crippen LogP contribution in [0.4, 0.5) is 5.00 Å². The molecule has 0 aliphatic carbocycles. The van der Waals surface area contributed by atoms with E-state index >= 15 is 0 Å². The molecule has 0 amide bonds. The van der Waals surface area contributed by atoms with Gasteiger partial charge in [-0.2, -0.15) is 0 Å². The molecular weight excluding hydrogens is 404 g/mol. The average Bonchev–Trinajstić information content (AvgIpc) is 3.08. The van der Waals surface area contributed by atoms with Gasteiger partial charge in [-0.1, -0.05) is 46.7 Å². The van der Waals surface area contributed by atoms with E-state index < -0.39 is 19.7 Å². The molecule has 1 aromatic heterocycles. The Morgan fingerprint density at radius 2 is 1.22 bits per heavy atom. The Bertz CT molecular complexity index is 1180. The number of hydrogen-bond donors (Lipinski definition) is 1. The highest BCUT2D eigenvalue weighted by atomic mass is 32.2. The van der Waals surface area contributed by atoms with Gasteiger partial charge in [0.1, 0.15) is 5.00 Å². The molecule has 0 aliphatic rings. The Morgan fingerprint density at radius 3 is 1.67 bits per heavy atom. The van der Waals surface area contributed by atoms with Crippen LogP contribution < -0.4 is 5.32 Å². The Morgan fingerprint density at radius 1 is 0.778 bits per heavy atom. The highest BCUT2D eigenvalue weighted by Crippen LogP contribution is 2.36. The van der Waals surface area contributed by atoms with Crippen LogP contribution in [0.1, 0.15) is 11.1 Å². The van der Waals surface area contributed by atoms with Crippen LogP contribution in [-0.2, 0) is 19.7 Å². The van der Waals surface area contributed by atoms with Crippen molar-refractivity contribution in [3.63, 3.8) is 0 Å². The molecule has 0 aliphatic heterocycles. The van der Waals surface area contributed by atoms with Gasteiger partial charge >= 0.3 is 0 Å². The van der Waals surface area contributed by atoms with E-state index in [0.29, 0.717) is 0 Å². The molecule has 0 atom stereocenters. The van der Waals surface area contributed by atoms with E-state index in [1.807, 2.05) is 13.8 Å². The second-order valence-corrected chi connectivity index (χ2v) is 11.0. The van der Waals surface area contributed by atoms with Gasteiger partial charge in [-0.25, -0.2) is 21.8 Å². The van der Waals surface area contributed by atoms with Gasteiger partial charge in [0.2, 0.25) is 24.0 Å². The fraction of sp³-hybridized carbons (Fsp3) is 0.167. The molecule has 0 bridgehead atoms. The molecular formula is C18H18N2O4S3. The molecule has 27 heavy (non-hydrogen) atoms. The Balaban J connectivity index is 2.13. The fourth-order valence-corrected chi connectivity index (χ4v) is 6.67. The normalized spacial score (nSPS) is 12.1. The Hall–Kier alpha value is -2.23. The van der Waals surface area contributed by atoms with Gasteiger partial charge in [-0.05, 0) is 38.1 Å². The maximum atomic E-state index is 13.0. The topological polar surface area (TPSA) is 93.2 Å². The molecule has 0 radical (unpaired) electrons. The summed E-state index contributed by atoms with van der Waals surface area (Å²) in [6.45, 7) is 3.70. The zero-order valence-corrected chi connectivity index (χ0v) is 17.4. The number of aryl methyl sites for hydroxylation is 2. The third-order valence-electron chi connectivity index (χ3n) is 3.95. The summed E-state index contributed by atoms with van der Waals surface area (Å²) in [6.07, 6.45) is 0. The van der Waals surface area contributed by atoms with Crippen LogP contribution in [0.2, 0.25) is 0 Å². The lowest BCUT2D eigenvalue weighted by atomic mass is 10.2. The minimum Gasteiger partial charge on any atom is -0.378 e. The predicted octanol–water partition coefficient (Wildman–Crippen LogP) is 3.47. The maximum Gasteiger partial charge on any atom is 0.233 e. The number of nitrogens with one attached hydrogen (secondary N) is 1. The summed E-state index contributed by atoms with van der Waals surface area (Å²) >= 11 is 0.801. The van der Waals surface area contributed by atoms with Gasteiger partial charge in [0, 0.05) is 7.05 Å². The standard InChI is InChI=1S/C18H18N2O4S3/c1-12-4-8-14(9-5-12)26(21,22)17-16(19-3)25-18(20-17)27(23,24)15-10-6-13(2)7-11-15/h4-11,19H,1-3H3. The van der Waals surface area contributed by atoms with Crippen molar-refractivity contribution >= 4 is 36.0 Å². The van der Waals surface area contributed by atoms with E-state index in [0.717, 1.165) is 22.5 Å². The Labute approximate surface area is 162 Å². The summed E-state index contributed by atoms with van der Waals surface area (Å²) < 4.78 is 51.4. The van der Waals surface area contributed by atoms with Crippen LogP contribution in [-0.4, -0.2) is 28.9 Å². The lowest BCUT2D eigenvalue weighted by Crippen LogP contribution is -2.07. The minimum absolute atomic E-state index is 0.0641. The number of hydrogen-bond acceptors (Lipinski definition) is 7. The second kappa shape index (κ2) is 7.06.